The lowest BCUT2D eigenvalue weighted by molar-refractivity contribution is -0.387. The standard InChI is InChI=1S/C12H10FN5O2/c13-9-3-2-8(6-12(9)18(19)20)16-17-11-4-1-7(14)5-10(11)15/h1-6H,14-15H2. The zero-order valence-electron chi connectivity index (χ0n) is 10.2. The van der Waals surface area contributed by atoms with E-state index in [4.69, 9.17) is 11.5 Å². The van der Waals surface area contributed by atoms with Crippen LogP contribution in [0, 0.1) is 15.9 Å². The van der Waals surface area contributed by atoms with E-state index >= 15 is 0 Å². The first-order valence-corrected chi connectivity index (χ1v) is 5.48. The number of nitrogen functional groups attached to an aromatic ring is 2. The van der Waals surface area contributed by atoms with Gasteiger partial charge in [-0.3, -0.25) is 10.1 Å². The number of nitro benzene ring substituents is 1. The minimum atomic E-state index is -0.930. The molecule has 0 bridgehead atoms. The third-order valence-electron chi connectivity index (χ3n) is 2.45. The Hall–Kier alpha value is -3.03. The molecule has 8 heteroatoms. The van der Waals surface area contributed by atoms with Crippen molar-refractivity contribution in [3.63, 3.8) is 0 Å². The second kappa shape index (κ2) is 5.31. The molecule has 0 aliphatic rings. The Labute approximate surface area is 112 Å². The fourth-order valence-corrected chi connectivity index (χ4v) is 1.48. The average molecular weight is 275 g/mol. The molecular formula is C12H10FN5O2. The molecular weight excluding hydrogens is 265 g/mol. The molecule has 2 aromatic rings. The molecule has 0 atom stereocenters. The molecule has 0 heterocycles. The predicted molar refractivity (Wildman–Crippen MR) is 72.5 cm³/mol. The van der Waals surface area contributed by atoms with Crippen molar-refractivity contribution < 1.29 is 9.31 Å². The van der Waals surface area contributed by atoms with Gasteiger partial charge in [0.2, 0.25) is 5.82 Å². The molecule has 0 aliphatic carbocycles. The van der Waals surface area contributed by atoms with Gasteiger partial charge in [0, 0.05) is 11.8 Å². The van der Waals surface area contributed by atoms with Gasteiger partial charge in [-0.1, -0.05) is 0 Å². The van der Waals surface area contributed by atoms with Crippen LogP contribution in [0.4, 0.5) is 32.8 Å². The van der Waals surface area contributed by atoms with Gasteiger partial charge in [-0.05, 0) is 30.3 Å². The van der Waals surface area contributed by atoms with E-state index in [-0.39, 0.29) is 5.69 Å². The van der Waals surface area contributed by atoms with Crippen molar-refractivity contribution >= 4 is 28.4 Å². The highest BCUT2D eigenvalue weighted by Gasteiger charge is 2.14. The number of hydrogen-bond donors (Lipinski definition) is 2. The summed E-state index contributed by atoms with van der Waals surface area (Å²) >= 11 is 0. The number of hydrogen-bond acceptors (Lipinski definition) is 6. The number of anilines is 2. The lowest BCUT2D eigenvalue weighted by Crippen LogP contribution is -1.91. The molecule has 0 radical (unpaired) electrons. The van der Waals surface area contributed by atoms with E-state index < -0.39 is 16.4 Å². The van der Waals surface area contributed by atoms with E-state index in [1.54, 1.807) is 12.1 Å². The Morgan fingerprint density at radius 3 is 2.50 bits per heavy atom. The molecule has 0 spiro atoms. The number of azo groups is 1. The van der Waals surface area contributed by atoms with Crippen LogP contribution in [0.15, 0.2) is 46.6 Å². The Kier molecular flexibility index (Phi) is 3.56. The number of rotatable bonds is 3. The van der Waals surface area contributed by atoms with Crippen molar-refractivity contribution in [1.82, 2.24) is 0 Å². The van der Waals surface area contributed by atoms with Crippen LogP contribution >= 0.6 is 0 Å². The quantitative estimate of drug-likeness (QED) is 0.386. The van der Waals surface area contributed by atoms with E-state index in [0.29, 0.717) is 17.1 Å². The smallest absolute Gasteiger partial charge is 0.307 e. The molecule has 0 saturated heterocycles. The maximum absolute atomic E-state index is 13.1. The number of nitrogens with zero attached hydrogens (tertiary/aromatic N) is 3. The van der Waals surface area contributed by atoms with Crippen LogP contribution in [0.3, 0.4) is 0 Å². The summed E-state index contributed by atoms with van der Waals surface area (Å²) in [4.78, 5) is 9.77. The van der Waals surface area contributed by atoms with Crippen LogP contribution < -0.4 is 11.5 Å². The topological polar surface area (TPSA) is 120 Å². The van der Waals surface area contributed by atoms with Crippen LogP contribution in [0.1, 0.15) is 0 Å². The second-order valence-electron chi connectivity index (χ2n) is 3.91. The molecule has 2 rings (SSSR count). The zero-order valence-corrected chi connectivity index (χ0v) is 10.2. The molecule has 0 amide bonds. The van der Waals surface area contributed by atoms with Gasteiger partial charge in [0.1, 0.15) is 5.69 Å². The van der Waals surface area contributed by atoms with Crippen molar-refractivity contribution in [1.29, 1.82) is 0 Å². The summed E-state index contributed by atoms with van der Waals surface area (Å²) in [6.07, 6.45) is 0. The summed E-state index contributed by atoms with van der Waals surface area (Å²) in [6.45, 7) is 0. The van der Waals surface area contributed by atoms with Gasteiger partial charge in [0.25, 0.3) is 0 Å². The molecule has 0 unspecified atom stereocenters. The monoisotopic (exact) mass is 275 g/mol. The molecule has 2 aromatic carbocycles. The van der Waals surface area contributed by atoms with Gasteiger partial charge in [-0.25, -0.2) is 0 Å². The first kappa shape index (κ1) is 13.4. The third-order valence-corrected chi connectivity index (χ3v) is 2.45. The minimum Gasteiger partial charge on any atom is -0.399 e. The van der Waals surface area contributed by atoms with E-state index in [1.807, 2.05) is 0 Å². The Morgan fingerprint density at radius 1 is 1.10 bits per heavy atom. The van der Waals surface area contributed by atoms with Crippen molar-refractivity contribution in [2.45, 2.75) is 0 Å². The van der Waals surface area contributed by atoms with E-state index in [9.17, 15) is 14.5 Å². The van der Waals surface area contributed by atoms with Crippen LogP contribution in [-0.2, 0) is 0 Å². The van der Waals surface area contributed by atoms with Gasteiger partial charge < -0.3 is 11.5 Å². The van der Waals surface area contributed by atoms with Crippen LogP contribution in [0.2, 0.25) is 0 Å². The lowest BCUT2D eigenvalue weighted by Gasteiger charge is -2.00. The Bertz CT molecular complexity index is 702. The molecule has 0 aliphatic heterocycles. The van der Waals surface area contributed by atoms with Crippen molar-refractivity contribution in [3.05, 3.63) is 52.3 Å². The molecule has 20 heavy (non-hydrogen) atoms. The average Bonchev–Trinajstić information content (AvgIpc) is 2.39. The highest BCUT2D eigenvalue weighted by molar-refractivity contribution is 5.67. The predicted octanol–water partition coefficient (Wildman–Crippen LogP) is 3.31. The molecule has 4 N–H and O–H groups in total. The van der Waals surface area contributed by atoms with E-state index in [1.165, 1.54) is 12.1 Å². The lowest BCUT2D eigenvalue weighted by atomic mass is 10.2. The largest absolute Gasteiger partial charge is 0.399 e. The van der Waals surface area contributed by atoms with Crippen molar-refractivity contribution in [3.8, 4) is 0 Å². The summed E-state index contributed by atoms with van der Waals surface area (Å²) in [7, 11) is 0. The van der Waals surface area contributed by atoms with Crippen molar-refractivity contribution in [2.24, 2.45) is 10.2 Å². The van der Waals surface area contributed by atoms with E-state index in [2.05, 4.69) is 10.2 Å². The van der Waals surface area contributed by atoms with Crippen molar-refractivity contribution in [2.75, 3.05) is 11.5 Å². The summed E-state index contributed by atoms with van der Waals surface area (Å²) < 4.78 is 13.1. The molecule has 0 saturated carbocycles. The van der Waals surface area contributed by atoms with Gasteiger partial charge in [-0.2, -0.15) is 9.50 Å². The summed E-state index contributed by atoms with van der Waals surface area (Å²) in [5.41, 5.74) is 11.9. The first-order valence-electron chi connectivity index (χ1n) is 5.48. The van der Waals surface area contributed by atoms with Crippen LogP contribution in [0.25, 0.3) is 0 Å². The Morgan fingerprint density at radius 2 is 1.85 bits per heavy atom. The van der Waals surface area contributed by atoms with Gasteiger partial charge in [0.15, 0.2) is 0 Å². The number of benzene rings is 2. The maximum Gasteiger partial charge on any atom is 0.307 e. The number of nitro groups is 1. The SMILES string of the molecule is Nc1ccc(N=Nc2ccc(F)c([N+](=O)[O-])c2)c(N)c1. The summed E-state index contributed by atoms with van der Waals surface area (Å²) in [5.74, 6) is -0.930. The molecule has 102 valence electrons. The van der Waals surface area contributed by atoms with Gasteiger partial charge in [0.05, 0.1) is 16.3 Å². The van der Waals surface area contributed by atoms with Crippen LogP contribution in [0.5, 0.6) is 0 Å². The van der Waals surface area contributed by atoms with E-state index in [0.717, 1.165) is 12.1 Å². The Balaban J connectivity index is 2.32. The highest BCUT2D eigenvalue weighted by atomic mass is 19.1. The van der Waals surface area contributed by atoms with Crippen LogP contribution in [-0.4, -0.2) is 4.92 Å². The summed E-state index contributed by atoms with van der Waals surface area (Å²) in [6, 6.07) is 7.90. The molecule has 0 fully saturated rings. The fraction of sp³-hybridized carbons (Fsp3) is 0. The zero-order chi connectivity index (χ0) is 14.7. The third kappa shape index (κ3) is 2.86. The number of halogens is 1. The number of nitrogens with two attached hydrogens (primary N) is 2. The summed E-state index contributed by atoms with van der Waals surface area (Å²) in [5, 5.41) is 18.2. The molecule has 7 nitrogen and oxygen atoms in total. The second-order valence-corrected chi connectivity index (χ2v) is 3.91. The first-order chi connectivity index (χ1) is 9.47. The highest BCUT2D eigenvalue weighted by Crippen LogP contribution is 2.28. The minimum absolute atomic E-state index is 0.148. The maximum atomic E-state index is 13.1. The fourth-order valence-electron chi connectivity index (χ4n) is 1.48. The van der Waals surface area contributed by atoms with Gasteiger partial charge >= 0.3 is 5.69 Å². The molecule has 0 aromatic heterocycles. The van der Waals surface area contributed by atoms with Gasteiger partial charge in [-0.15, -0.1) is 5.11 Å². The normalized spacial score (nSPS) is 10.8.